The van der Waals surface area contributed by atoms with Crippen molar-refractivity contribution < 1.29 is 23.5 Å². The average molecular weight is 416 g/mol. The number of hydrogen-bond acceptors (Lipinski definition) is 8. The highest BCUT2D eigenvalue weighted by Crippen LogP contribution is 2.23. The van der Waals surface area contributed by atoms with Gasteiger partial charge in [-0.15, -0.1) is 11.3 Å². The van der Waals surface area contributed by atoms with Crippen LogP contribution in [-0.4, -0.2) is 29.6 Å². The maximum absolute atomic E-state index is 12.4. The molecule has 0 bridgehead atoms. The second-order valence-corrected chi connectivity index (χ2v) is 7.14. The zero-order chi connectivity index (χ0) is 21.0. The molecule has 0 saturated heterocycles. The molecule has 152 valence electrons. The number of hydrogen-bond donors (Lipinski definition) is 1. The van der Waals surface area contributed by atoms with Gasteiger partial charge in [-0.2, -0.15) is 0 Å². The largest absolute Gasteiger partial charge is 0.481 e. The second-order valence-electron chi connectivity index (χ2n) is 6.28. The van der Waals surface area contributed by atoms with E-state index in [0.29, 0.717) is 28.8 Å². The molecule has 29 heavy (non-hydrogen) atoms. The Morgan fingerprint density at radius 3 is 2.86 bits per heavy atom. The molecule has 0 unspecified atom stereocenters. The molecule has 0 aliphatic rings. The van der Waals surface area contributed by atoms with Gasteiger partial charge in [-0.1, -0.05) is 0 Å². The van der Waals surface area contributed by atoms with Crippen LogP contribution in [-0.2, 0) is 20.7 Å². The summed E-state index contributed by atoms with van der Waals surface area (Å²) < 4.78 is 15.7. The Balaban J connectivity index is 1.63. The normalized spacial score (nSPS) is 11.8. The van der Waals surface area contributed by atoms with Crippen molar-refractivity contribution in [2.45, 2.75) is 33.3 Å². The van der Waals surface area contributed by atoms with Crippen LogP contribution in [0, 0.1) is 6.92 Å². The fourth-order valence-electron chi connectivity index (χ4n) is 2.65. The summed E-state index contributed by atoms with van der Waals surface area (Å²) >= 11 is 1.21. The van der Waals surface area contributed by atoms with E-state index in [2.05, 4.69) is 10.3 Å². The topological polar surface area (TPSA) is 108 Å². The highest BCUT2D eigenvalue weighted by molar-refractivity contribution is 7.13. The number of carbonyl (C=O) groups excluding carboxylic acids is 2. The standard InChI is InChI=1S/C20H20N2O6S/c1-4-26-17(23)8-13-10-29-20(21-13)22-19(25)12(3)27-14-5-6-15-11(2)7-18(24)28-16(15)9-14/h5-7,9-10,12H,4,8H2,1-3H3,(H,21,22,25)/t12-/m0/s1. The Morgan fingerprint density at radius 2 is 2.10 bits per heavy atom. The molecule has 3 aromatic rings. The third-order valence-electron chi connectivity index (χ3n) is 4.02. The Labute approximate surface area is 170 Å². The van der Waals surface area contributed by atoms with Crippen LogP contribution in [0.15, 0.2) is 38.9 Å². The quantitative estimate of drug-likeness (QED) is 0.466. The minimum absolute atomic E-state index is 0.0496. The zero-order valence-corrected chi connectivity index (χ0v) is 17.0. The number of nitrogens with zero attached hydrogens (tertiary/aromatic N) is 1. The van der Waals surface area contributed by atoms with Gasteiger partial charge >= 0.3 is 11.6 Å². The molecule has 0 fully saturated rings. The van der Waals surface area contributed by atoms with Crippen LogP contribution >= 0.6 is 11.3 Å². The Hall–Kier alpha value is -3.20. The van der Waals surface area contributed by atoms with E-state index in [1.54, 1.807) is 37.4 Å². The minimum atomic E-state index is -0.818. The first kappa shape index (κ1) is 20.5. The van der Waals surface area contributed by atoms with Gasteiger partial charge in [-0.3, -0.25) is 14.9 Å². The van der Waals surface area contributed by atoms with Crippen LogP contribution in [0.4, 0.5) is 5.13 Å². The third kappa shape index (κ3) is 5.20. The van der Waals surface area contributed by atoms with Crippen molar-refractivity contribution in [1.82, 2.24) is 4.98 Å². The van der Waals surface area contributed by atoms with E-state index in [9.17, 15) is 14.4 Å². The van der Waals surface area contributed by atoms with E-state index in [1.165, 1.54) is 17.4 Å². The van der Waals surface area contributed by atoms with Gasteiger partial charge in [0.25, 0.3) is 5.91 Å². The predicted octanol–water partition coefficient (Wildman–Crippen LogP) is 3.07. The SMILES string of the molecule is CCOC(=O)Cc1csc(NC(=O)[C@H](C)Oc2ccc3c(C)cc(=O)oc3c2)n1. The highest BCUT2D eigenvalue weighted by atomic mass is 32.1. The van der Waals surface area contributed by atoms with Crippen molar-refractivity contribution in [2.24, 2.45) is 0 Å². The smallest absolute Gasteiger partial charge is 0.336 e. The van der Waals surface area contributed by atoms with Gasteiger partial charge in [-0.05, 0) is 38.5 Å². The summed E-state index contributed by atoms with van der Waals surface area (Å²) in [5.41, 5.74) is 1.28. The van der Waals surface area contributed by atoms with Crippen LogP contribution in [0.5, 0.6) is 5.75 Å². The lowest BCUT2D eigenvalue weighted by atomic mass is 10.1. The van der Waals surface area contributed by atoms with E-state index in [0.717, 1.165) is 10.9 Å². The summed E-state index contributed by atoms with van der Waals surface area (Å²) in [5.74, 6) is -0.366. The highest BCUT2D eigenvalue weighted by Gasteiger charge is 2.18. The number of benzene rings is 1. The summed E-state index contributed by atoms with van der Waals surface area (Å²) in [7, 11) is 0. The van der Waals surface area contributed by atoms with Crippen LogP contribution in [0.1, 0.15) is 25.1 Å². The molecule has 9 heteroatoms. The van der Waals surface area contributed by atoms with E-state index in [4.69, 9.17) is 13.9 Å². The first-order chi connectivity index (χ1) is 13.9. The summed E-state index contributed by atoms with van der Waals surface area (Å²) in [6, 6.07) is 6.48. The van der Waals surface area contributed by atoms with Gasteiger partial charge in [-0.25, -0.2) is 9.78 Å². The number of carbonyl (C=O) groups is 2. The molecule has 0 saturated carbocycles. The van der Waals surface area contributed by atoms with Gasteiger partial charge in [0.15, 0.2) is 11.2 Å². The molecule has 0 aliphatic heterocycles. The van der Waals surface area contributed by atoms with Crippen molar-refractivity contribution in [1.29, 1.82) is 0 Å². The van der Waals surface area contributed by atoms with Crippen molar-refractivity contribution in [3.8, 4) is 5.75 Å². The van der Waals surface area contributed by atoms with E-state index in [1.807, 2.05) is 6.92 Å². The van der Waals surface area contributed by atoms with Crippen molar-refractivity contribution in [2.75, 3.05) is 11.9 Å². The fraction of sp³-hybridized carbons (Fsp3) is 0.300. The lowest BCUT2D eigenvalue weighted by Gasteiger charge is -2.14. The van der Waals surface area contributed by atoms with E-state index in [-0.39, 0.29) is 12.4 Å². The third-order valence-corrected chi connectivity index (χ3v) is 4.82. The van der Waals surface area contributed by atoms with Gasteiger partial charge in [0.1, 0.15) is 11.3 Å². The number of rotatable bonds is 7. The van der Waals surface area contributed by atoms with Crippen molar-refractivity contribution in [3.63, 3.8) is 0 Å². The number of amides is 1. The number of anilines is 1. The fourth-order valence-corrected chi connectivity index (χ4v) is 3.36. The monoisotopic (exact) mass is 416 g/mol. The van der Waals surface area contributed by atoms with Crippen LogP contribution in [0.3, 0.4) is 0 Å². The van der Waals surface area contributed by atoms with Crippen LogP contribution in [0.25, 0.3) is 11.0 Å². The van der Waals surface area contributed by atoms with Crippen LogP contribution < -0.4 is 15.7 Å². The predicted molar refractivity (Wildman–Crippen MR) is 108 cm³/mol. The maximum atomic E-state index is 12.4. The number of nitrogens with one attached hydrogen (secondary N) is 1. The first-order valence-corrected chi connectivity index (χ1v) is 9.85. The maximum Gasteiger partial charge on any atom is 0.336 e. The molecule has 2 aromatic heterocycles. The Bertz CT molecular complexity index is 1100. The zero-order valence-electron chi connectivity index (χ0n) is 16.2. The molecule has 1 N–H and O–H groups in total. The lowest BCUT2D eigenvalue weighted by Crippen LogP contribution is -2.30. The lowest BCUT2D eigenvalue weighted by molar-refractivity contribution is -0.142. The summed E-state index contributed by atoms with van der Waals surface area (Å²) in [6.45, 7) is 5.45. The number of aromatic nitrogens is 1. The van der Waals surface area contributed by atoms with Gasteiger partial charge in [0.05, 0.1) is 18.7 Å². The number of fused-ring (bicyclic) bond motifs is 1. The molecule has 1 amide bonds. The van der Waals surface area contributed by atoms with Crippen molar-refractivity contribution in [3.05, 3.63) is 51.3 Å². The van der Waals surface area contributed by atoms with Gasteiger partial charge in [0, 0.05) is 22.9 Å². The molecule has 1 atom stereocenters. The molecular weight excluding hydrogens is 396 g/mol. The molecule has 0 aliphatic carbocycles. The molecule has 2 heterocycles. The summed E-state index contributed by atoms with van der Waals surface area (Å²) in [4.78, 5) is 39.6. The molecule has 3 rings (SSSR count). The summed E-state index contributed by atoms with van der Waals surface area (Å²) in [6.07, 6.45) is -0.769. The Kier molecular flexibility index (Phi) is 6.28. The Morgan fingerprint density at radius 1 is 1.31 bits per heavy atom. The van der Waals surface area contributed by atoms with Gasteiger partial charge in [0.2, 0.25) is 0 Å². The average Bonchev–Trinajstić information content (AvgIpc) is 3.08. The van der Waals surface area contributed by atoms with E-state index >= 15 is 0 Å². The molecule has 8 nitrogen and oxygen atoms in total. The number of thiazole rings is 1. The number of esters is 1. The molecule has 0 spiro atoms. The molecular formula is C20H20N2O6S. The van der Waals surface area contributed by atoms with Crippen molar-refractivity contribution >= 4 is 39.3 Å². The molecule has 0 radical (unpaired) electrons. The van der Waals surface area contributed by atoms with Gasteiger partial charge < -0.3 is 13.9 Å². The van der Waals surface area contributed by atoms with Crippen LogP contribution in [0.2, 0.25) is 0 Å². The number of ether oxygens (including phenoxy) is 2. The van der Waals surface area contributed by atoms with E-state index < -0.39 is 17.6 Å². The summed E-state index contributed by atoms with van der Waals surface area (Å²) in [5, 5.41) is 5.51. The second kappa shape index (κ2) is 8.87. The number of aryl methyl sites for hydroxylation is 1. The first-order valence-electron chi connectivity index (χ1n) is 8.97. The molecule has 1 aromatic carbocycles. The minimum Gasteiger partial charge on any atom is -0.481 e.